The summed E-state index contributed by atoms with van der Waals surface area (Å²) in [6.07, 6.45) is 3.75. The lowest BCUT2D eigenvalue weighted by Crippen LogP contribution is -2.68. The predicted octanol–water partition coefficient (Wildman–Crippen LogP) is 1.82. The molecule has 0 spiro atoms. The van der Waals surface area contributed by atoms with Crippen LogP contribution >= 0.6 is 0 Å². The SMILES string of the molecule is Cc1nccnc1C(=O)N1CC[C@H]2N(c3ccccc3)C(=O)CO[C@]2(C)C1. The van der Waals surface area contributed by atoms with Gasteiger partial charge < -0.3 is 14.5 Å². The zero-order valence-corrected chi connectivity index (χ0v) is 15.5. The summed E-state index contributed by atoms with van der Waals surface area (Å²) < 4.78 is 5.96. The number of hydrogen-bond acceptors (Lipinski definition) is 5. The number of carbonyl (C=O) groups is 2. The van der Waals surface area contributed by atoms with E-state index in [9.17, 15) is 9.59 Å². The molecule has 2 atom stereocenters. The van der Waals surface area contributed by atoms with E-state index < -0.39 is 5.60 Å². The quantitative estimate of drug-likeness (QED) is 0.810. The summed E-state index contributed by atoms with van der Waals surface area (Å²) in [6, 6.07) is 9.52. The average Bonchev–Trinajstić information content (AvgIpc) is 2.68. The summed E-state index contributed by atoms with van der Waals surface area (Å²) in [5.74, 6) is -0.194. The zero-order chi connectivity index (χ0) is 19.0. The van der Waals surface area contributed by atoms with Gasteiger partial charge in [-0.1, -0.05) is 18.2 Å². The number of aryl methyl sites for hydroxylation is 1. The lowest BCUT2D eigenvalue weighted by molar-refractivity contribution is -0.149. The van der Waals surface area contributed by atoms with Crippen molar-refractivity contribution in [3.8, 4) is 0 Å². The largest absolute Gasteiger partial charge is 0.361 e. The second-order valence-electron chi connectivity index (χ2n) is 7.22. The standard InChI is InChI=1S/C20H22N4O3/c1-14-18(22-10-9-21-14)19(26)23-11-8-16-20(2,13-23)27-12-17(25)24(16)15-6-4-3-5-7-15/h3-7,9-10,16H,8,11-13H2,1-2H3/t16-,20-/m1/s1. The van der Waals surface area contributed by atoms with Gasteiger partial charge in [-0.15, -0.1) is 0 Å². The molecule has 0 bridgehead atoms. The molecule has 4 rings (SSSR count). The highest BCUT2D eigenvalue weighted by atomic mass is 16.5. The number of anilines is 1. The molecule has 2 aromatic rings. The minimum atomic E-state index is -0.631. The Bertz CT molecular complexity index is 873. The molecule has 0 N–H and O–H groups in total. The number of amides is 2. The van der Waals surface area contributed by atoms with Crippen LogP contribution in [0.5, 0.6) is 0 Å². The molecule has 2 amide bonds. The van der Waals surface area contributed by atoms with Crippen molar-refractivity contribution in [1.82, 2.24) is 14.9 Å². The summed E-state index contributed by atoms with van der Waals surface area (Å²) in [7, 11) is 0. The maximum absolute atomic E-state index is 12.9. The maximum Gasteiger partial charge on any atom is 0.274 e. The van der Waals surface area contributed by atoms with Gasteiger partial charge in [-0.05, 0) is 32.4 Å². The highest BCUT2D eigenvalue weighted by Crippen LogP contribution is 2.36. The molecular formula is C20H22N4O3. The number of piperidine rings is 1. The molecule has 2 aliphatic rings. The van der Waals surface area contributed by atoms with Gasteiger partial charge in [-0.3, -0.25) is 14.6 Å². The van der Waals surface area contributed by atoms with Crippen molar-refractivity contribution in [2.45, 2.75) is 31.9 Å². The third kappa shape index (κ3) is 3.08. The second kappa shape index (κ2) is 6.74. The number of likely N-dealkylation sites (tertiary alicyclic amines) is 1. The van der Waals surface area contributed by atoms with Crippen molar-refractivity contribution in [3.05, 3.63) is 54.1 Å². The van der Waals surface area contributed by atoms with Crippen molar-refractivity contribution < 1.29 is 14.3 Å². The Morgan fingerprint density at radius 2 is 1.96 bits per heavy atom. The van der Waals surface area contributed by atoms with E-state index in [1.807, 2.05) is 42.2 Å². The number of carbonyl (C=O) groups excluding carboxylic acids is 2. The lowest BCUT2D eigenvalue weighted by atomic mass is 9.85. The van der Waals surface area contributed by atoms with Crippen LogP contribution in [0.3, 0.4) is 0 Å². The van der Waals surface area contributed by atoms with E-state index >= 15 is 0 Å². The van der Waals surface area contributed by atoms with Gasteiger partial charge in [0.1, 0.15) is 17.9 Å². The zero-order valence-electron chi connectivity index (χ0n) is 15.5. The van der Waals surface area contributed by atoms with Crippen LogP contribution in [-0.2, 0) is 9.53 Å². The normalized spacial score (nSPS) is 25.3. The number of rotatable bonds is 2. The third-order valence-electron chi connectivity index (χ3n) is 5.39. The summed E-state index contributed by atoms with van der Waals surface area (Å²) in [4.78, 5) is 37.5. The molecule has 1 aromatic heterocycles. The number of para-hydroxylation sites is 1. The average molecular weight is 366 g/mol. The fraction of sp³-hybridized carbons (Fsp3) is 0.400. The molecule has 0 aliphatic carbocycles. The fourth-order valence-corrected chi connectivity index (χ4v) is 4.01. The Kier molecular flexibility index (Phi) is 4.39. The van der Waals surface area contributed by atoms with Gasteiger partial charge in [0.05, 0.1) is 18.3 Å². The Labute approximate surface area is 158 Å². The number of nitrogens with zero attached hydrogens (tertiary/aromatic N) is 4. The molecule has 2 saturated heterocycles. The molecule has 7 heteroatoms. The van der Waals surface area contributed by atoms with Crippen molar-refractivity contribution >= 4 is 17.5 Å². The number of ether oxygens (including phenoxy) is 1. The van der Waals surface area contributed by atoms with Gasteiger partial charge in [0.15, 0.2) is 0 Å². The van der Waals surface area contributed by atoms with Crippen molar-refractivity contribution in [3.63, 3.8) is 0 Å². The molecule has 1 aromatic carbocycles. The third-order valence-corrected chi connectivity index (χ3v) is 5.39. The first kappa shape index (κ1) is 17.6. The van der Waals surface area contributed by atoms with Gasteiger partial charge in [-0.2, -0.15) is 0 Å². The number of morpholine rings is 1. The molecule has 2 fully saturated rings. The Balaban J connectivity index is 1.60. The second-order valence-corrected chi connectivity index (χ2v) is 7.22. The molecule has 3 heterocycles. The Hall–Kier alpha value is -2.80. The number of aromatic nitrogens is 2. The smallest absolute Gasteiger partial charge is 0.274 e. The highest BCUT2D eigenvalue weighted by Gasteiger charge is 2.50. The van der Waals surface area contributed by atoms with Crippen molar-refractivity contribution in [2.75, 3.05) is 24.6 Å². The first-order valence-electron chi connectivity index (χ1n) is 9.07. The number of fused-ring (bicyclic) bond motifs is 1. The van der Waals surface area contributed by atoms with E-state index in [0.717, 1.165) is 5.69 Å². The van der Waals surface area contributed by atoms with Crippen LogP contribution in [0.4, 0.5) is 5.69 Å². The number of benzene rings is 1. The molecule has 27 heavy (non-hydrogen) atoms. The first-order chi connectivity index (χ1) is 13.0. The van der Waals surface area contributed by atoms with Gasteiger partial charge in [0.25, 0.3) is 11.8 Å². The van der Waals surface area contributed by atoms with Crippen molar-refractivity contribution in [2.24, 2.45) is 0 Å². The summed E-state index contributed by atoms with van der Waals surface area (Å²) in [6.45, 7) is 4.71. The van der Waals surface area contributed by atoms with Crippen LogP contribution in [0.25, 0.3) is 0 Å². The monoisotopic (exact) mass is 366 g/mol. The first-order valence-corrected chi connectivity index (χ1v) is 9.07. The summed E-state index contributed by atoms with van der Waals surface area (Å²) >= 11 is 0. The molecule has 140 valence electrons. The van der Waals surface area contributed by atoms with Crippen molar-refractivity contribution in [1.29, 1.82) is 0 Å². The van der Waals surface area contributed by atoms with E-state index in [1.54, 1.807) is 18.0 Å². The van der Waals surface area contributed by atoms with E-state index in [0.29, 0.717) is 30.9 Å². The van der Waals surface area contributed by atoms with E-state index in [2.05, 4.69) is 9.97 Å². The van der Waals surface area contributed by atoms with Gasteiger partial charge in [0, 0.05) is 24.6 Å². The molecule has 2 aliphatic heterocycles. The number of hydrogen-bond donors (Lipinski definition) is 0. The summed E-state index contributed by atoms with van der Waals surface area (Å²) in [5.41, 5.74) is 1.21. The molecule has 0 saturated carbocycles. The lowest BCUT2D eigenvalue weighted by Gasteiger charge is -2.52. The van der Waals surface area contributed by atoms with Crippen LogP contribution in [0.15, 0.2) is 42.7 Å². The highest BCUT2D eigenvalue weighted by molar-refractivity contribution is 5.96. The molecule has 0 radical (unpaired) electrons. The van der Waals surface area contributed by atoms with E-state index in [-0.39, 0.29) is 24.5 Å². The fourth-order valence-electron chi connectivity index (χ4n) is 4.01. The van der Waals surface area contributed by atoms with Crippen LogP contribution in [0, 0.1) is 6.92 Å². The van der Waals surface area contributed by atoms with E-state index in [1.165, 1.54) is 6.20 Å². The minimum absolute atomic E-state index is 0.00803. The van der Waals surface area contributed by atoms with E-state index in [4.69, 9.17) is 4.74 Å². The Morgan fingerprint density at radius 3 is 2.70 bits per heavy atom. The van der Waals surface area contributed by atoms with Crippen LogP contribution in [0.1, 0.15) is 29.5 Å². The van der Waals surface area contributed by atoms with Crippen LogP contribution in [0.2, 0.25) is 0 Å². The maximum atomic E-state index is 12.9. The molecular weight excluding hydrogens is 344 g/mol. The van der Waals surface area contributed by atoms with Gasteiger partial charge >= 0.3 is 0 Å². The van der Waals surface area contributed by atoms with Crippen LogP contribution < -0.4 is 4.90 Å². The molecule has 7 nitrogen and oxygen atoms in total. The summed E-state index contributed by atoms with van der Waals surface area (Å²) in [5, 5.41) is 0. The van der Waals surface area contributed by atoms with Gasteiger partial charge in [-0.25, -0.2) is 4.98 Å². The molecule has 0 unspecified atom stereocenters. The van der Waals surface area contributed by atoms with Gasteiger partial charge in [0.2, 0.25) is 0 Å². The minimum Gasteiger partial charge on any atom is -0.361 e. The predicted molar refractivity (Wildman–Crippen MR) is 99.4 cm³/mol. The topological polar surface area (TPSA) is 75.6 Å². The van der Waals surface area contributed by atoms with Crippen LogP contribution in [-0.4, -0.2) is 58.0 Å². The Morgan fingerprint density at radius 1 is 1.22 bits per heavy atom.